The van der Waals surface area contributed by atoms with Crippen molar-refractivity contribution in [3.05, 3.63) is 0 Å². The van der Waals surface area contributed by atoms with E-state index in [1.807, 2.05) is 0 Å². The van der Waals surface area contributed by atoms with Crippen LogP contribution in [-0.2, 0) is 10.9 Å². The lowest BCUT2D eigenvalue weighted by Crippen LogP contribution is -3.00. The molecule has 0 nitrogen and oxygen atoms in total. The smallest absolute Gasteiger partial charge is 0.117 e. The van der Waals surface area contributed by atoms with Crippen molar-refractivity contribution in [2.75, 3.05) is 23.6 Å². The van der Waals surface area contributed by atoms with E-state index in [0.717, 1.165) is 5.33 Å². The van der Waals surface area contributed by atoms with Gasteiger partial charge in [0.25, 0.3) is 0 Å². The lowest BCUT2D eigenvalue weighted by molar-refractivity contribution is -0.00000132. The maximum atomic E-state index is 3.36. The Kier molecular flexibility index (Phi) is 11.6. The van der Waals surface area contributed by atoms with Gasteiger partial charge in [0.1, 0.15) is 5.75 Å². The molecule has 0 aromatic heterocycles. The average Bonchev–Trinajstić information content (AvgIpc) is 1.35. The highest BCUT2D eigenvalue weighted by Gasteiger charge is 1.95. The minimum Gasteiger partial charge on any atom is -1.00 e. The van der Waals surface area contributed by atoms with E-state index in [-0.39, 0.29) is 17.0 Å². The van der Waals surface area contributed by atoms with Crippen LogP contribution >= 0.6 is 15.9 Å². The molecule has 0 fully saturated rings. The van der Waals surface area contributed by atoms with E-state index in [0.29, 0.717) is 10.9 Å². The van der Waals surface area contributed by atoms with Crippen molar-refractivity contribution in [2.24, 2.45) is 0 Å². The van der Waals surface area contributed by atoms with Gasteiger partial charge in [-0.1, -0.05) is 15.9 Å². The zero-order valence-electron chi connectivity index (χ0n) is 4.58. The summed E-state index contributed by atoms with van der Waals surface area (Å²) in [7, 11) is 0.638. The Balaban J connectivity index is 0. The van der Waals surface area contributed by atoms with Crippen LogP contribution in [0.5, 0.6) is 0 Å². The minimum absolute atomic E-state index is 0. The molecule has 0 spiro atoms. The maximum Gasteiger partial charge on any atom is 0.117 e. The maximum absolute atomic E-state index is 3.36. The average molecular weight is 250 g/mol. The summed E-state index contributed by atoms with van der Waals surface area (Å²) in [5.41, 5.74) is 0. The molecular formula is C4H10Br2S. The summed E-state index contributed by atoms with van der Waals surface area (Å²) >= 11 is 3.36. The second kappa shape index (κ2) is 7.31. The predicted molar refractivity (Wildman–Crippen MR) is 37.9 cm³/mol. The molecule has 46 valence electrons. The lowest BCUT2D eigenvalue weighted by atomic mass is 11.0. The van der Waals surface area contributed by atoms with E-state index in [9.17, 15) is 0 Å². The second-order valence-electron chi connectivity index (χ2n) is 1.38. The highest BCUT2D eigenvalue weighted by Crippen LogP contribution is 1.86. The number of rotatable bonds is 2. The van der Waals surface area contributed by atoms with Crippen LogP contribution in [0.25, 0.3) is 0 Å². The molecule has 0 bridgehead atoms. The third-order valence-corrected chi connectivity index (χ3v) is 2.43. The molecule has 7 heavy (non-hydrogen) atoms. The van der Waals surface area contributed by atoms with Crippen molar-refractivity contribution in [2.45, 2.75) is 0 Å². The first-order valence-electron chi connectivity index (χ1n) is 1.87. The fourth-order valence-corrected chi connectivity index (χ4v) is 2.41. The van der Waals surface area contributed by atoms with E-state index < -0.39 is 0 Å². The number of alkyl halides is 1. The summed E-state index contributed by atoms with van der Waals surface area (Å²) < 4.78 is 0. The Labute approximate surface area is 67.3 Å². The second-order valence-corrected chi connectivity index (χ2v) is 4.55. The van der Waals surface area contributed by atoms with Crippen LogP contribution in [0.1, 0.15) is 0 Å². The van der Waals surface area contributed by atoms with E-state index in [4.69, 9.17) is 0 Å². The third kappa shape index (κ3) is 11.1. The first kappa shape index (κ1) is 11.2. The van der Waals surface area contributed by atoms with Gasteiger partial charge in [-0.05, 0) is 10.9 Å². The van der Waals surface area contributed by atoms with Gasteiger partial charge in [0, 0.05) is 5.33 Å². The quantitative estimate of drug-likeness (QED) is 0.403. The first-order valence-corrected chi connectivity index (χ1v) is 5.20. The molecule has 0 saturated carbocycles. The van der Waals surface area contributed by atoms with E-state index in [1.165, 1.54) is 5.75 Å². The Morgan fingerprint density at radius 3 is 1.86 bits per heavy atom. The molecule has 0 aliphatic carbocycles. The Morgan fingerprint density at radius 1 is 1.43 bits per heavy atom. The van der Waals surface area contributed by atoms with Gasteiger partial charge in [-0.25, -0.2) is 0 Å². The Bertz CT molecular complexity index is 30.9. The largest absolute Gasteiger partial charge is 1.00 e. The van der Waals surface area contributed by atoms with Crippen molar-refractivity contribution >= 4 is 26.8 Å². The Hall–Kier alpha value is 1.31. The van der Waals surface area contributed by atoms with Gasteiger partial charge in [-0.15, -0.1) is 0 Å². The van der Waals surface area contributed by atoms with Crippen molar-refractivity contribution in [3.8, 4) is 0 Å². The monoisotopic (exact) mass is 248 g/mol. The van der Waals surface area contributed by atoms with Crippen LogP contribution in [0.2, 0.25) is 0 Å². The molecule has 0 heterocycles. The summed E-state index contributed by atoms with van der Waals surface area (Å²) in [5.74, 6) is 1.32. The molecule has 0 N–H and O–H groups in total. The van der Waals surface area contributed by atoms with Crippen molar-refractivity contribution in [1.29, 1.82) is 0 Å². The molecular weight excluding hydrogens is 240 g/mol. The van der Waals surface area contributed by atoms with Gasteiger partial charge >= 0.3 is 0 Å². The number of hydrogen-bond donors (Lipinski definition) is 0. The predicted octanol–water partition coefficient (Wildman–Crippen LogP) is -1.74. The van der Waals surface area contributed by atoms with E-state index in [1.54, 1.807) is 0 Å². The third-order valence-electron chi connectivity index (χ3n) is 0.485. The molecule has 3 heteroatoms. The van der Waals surface area contributed by atoms with Crippen LogP contribution in [0.4, 0.5) is 0 Å². The fraction of sp³-hybridized carbons (Fsp3) is 1.00. The fourth-order valence-electron chi connectivity index (χ4n) is 0.154. The molecule has 0 aromatic carbocycles. The van der Waals surface area contributed by atoms with Gasteiger partial charge in [0.2, 0.25) is 0 Å². The Morgan fingerprint density at radius 2 is 1.86 bits per heavy atom. The summed E-state index contributed by atoms with van der Waals surface area (Å²) in [5, 5.41) is 1.16. The molecule has 0 radical (unpaired) electrons. The minimum atomic E-state index is 0. The zero-order valence-corrected chi connectivity index (χ0v) is 8.57. The summed E-state index contributed by atoms with van der Waals surface area (Å²) in [6.07, 6.45) is 4.50. The molecule has 0 rings (SSSR count). The molecule has 0 saturated heterocycles. The zero-order chi connectivity index (χ0) is 4.99. The molecule has 0 atom stereocenters. The van der Waals surface area contributed by atoms with Gasteiger partial charge in [-0.3, -0.25) is 0 Å². The van der Waals surface area contributed by atoms with Gasteiger partial charge in [0.05, 0.1) is 12.5 Å². The van der Waals surface area contributed by atoms with Crippen LogP contribution in [0.3, 0.4) is 0 Å². The standard InChI is InChI=1S/C4H10BrS.BrH/c1-6(2)4-3-5;/h3-4H2,1-2H3;1H/q+1;/p-1. The molecule has 0 amide bonds. The number of halogens is 2. The van der Waals surface area contributed by atoms with E-state index in [2.05, 4.69) is 28.4 Å². The molecule has 0 aliphatic heterocycles. The van der Waals surface area contributed by atoms with Crippen LogP contribution in [0.15, 0.2) is 0 Å². The number of hydrogen-bond acceptors (Lipinski definition) is 0. The topological polar surface area (TPSA) is 0 Å². The van der Waals surface area contributed by atoms with Crippen LogP contribution < -0.4 is 17.0 Å². The lowest BCUT2D eigenvalue weighted by Gasteiger charge is -1.86. The summed E-state index contributed by atoms with van der Waals surface area (Å²) in [6.45, 7) is 0. The van der Waals surface area contributed by atoms with Crippen molar-refractivity contribution in [1.82, 2.24) is 0 Å². The van der Waals surface area contributed by atoms with Gasteiger partial charge in [0.15, 0.2) is 0 Å². The van der Waals surface area contributed by atoms with Crippen LogP contribution in [-0.4, -0.2) is 23.6 Å². The van der Waals surface area contributed by atoms with Crippen LogP contribution in [0, 0.1) is 0 Å². The van der Waals surface area contributed by atoms with Crippen molar-refractivity contribution in [3.63, 3.8) is 0 Å². The normalized spacial score (nSPS) is 8.57. The SMILES string of the molecule is C[S+](C)CCBr.[Br-]. The summed E-state index contributed by atoms with van der Waals surface area (Å²) in [4.78, 5) is 0. The molecule has 0 aromatic rings. The first-order chi connectivity index (χ1) is 2.77. The highest BCUT2D eigenvalue weighted by molar-refractivity contribution is 9.09. The summed E-state index contributed by atoms with van der Waals surface area (Å²) in [6, 6.07) is 0. The van der Waals surface area contributed by atoms with Crippen molar-refractivity contribution < 1.29 is 17.0 Å². The highest BCUT2D eigenvalue weighted by atomic mass is 79.9. The van der Waals surface area contributed by atoms with Gasteiger partial charge in [-0.2, -0.15) is 0 Å². The molecule has 0 aliphatic rings. The van der Waals surface area contributed by atoms with E-state index >= 15 is 0 Å². The van der Waals surface area contributed by atoms with Gasteiger partial charge < -0.3 is 17.0 Å². The molecule has 0 unspecified atom stereocenters.